The van der Waals surface area contributed by atoms with E-state index in [0.717, 1.165) is 22.9 Å². The SMILES string of the molecule is C=CCCCC(=O)Nc1cc(Br)cc(C)c1N. The first-order chi connectivity index (χ1) is 8.04. The number of allylic oxidation sites excluding steroid dienone is 1. The van der Waals surface area contributed by atoms with E-state index in [1.165, 1.54) is 0 Å². The molecule has 1 aromatic carbocycles. The van der Waals surface area contributed by atoms with Crippen LogP contribution in [0.4, 0.5) is 11.4 Å². The molecule has 0 aromatic heterocycles. The van der Waals surface area contributed by atoms with E-state index in [0.29, 0.717) is 17.8 Å². The predicted octanol–water partition coefficient (Wildman–Crippen LogP) is 3.63. The molecule has 1 amide bonds. The van der Waals surface area contributed by atoms with E-state index in [1.54, 1.807) is 0 Å². The second-order valence-electron chi connectivity index (χ2n) is 3.91. The number of nitrogens with one attached hydrogen (secondary N) is 1. The summed E-state index contributed by atoms with van der Waals surface area (Å²) in [6, 6.07) is 3.73. The van der Waals surface area contributed by atoms with Crippen molar-refractivity contribution in [3.63, 3.8) is 0 Å². The molecule has 0 atom stereocenters. The normalized spacial score (nSPS) is 10.0. The van der Waals surface area contributed by atoms with Gasteiger partial charge in [-0.2, -0.15) is 0 Å². The van der Waals surface area contributed by atoms with E-state index >= 15 is 0 Å². The monoisotopic (exact) mass is 296 g/mol. The van der Waals surface area contributed by atoms with Gasteiger partial charge in [0.25, 0.3) is 0 Å². The van der Waals surface area contributed by atoms with E-state index in [1.807, 2.05) is 25.1 Å². The van der Waals surface area contributed by atoms with Gasteiger partial charge in [-0.05, 0) is 37.5 Å². The number of hydrogen-bond acceptors (Lipinski definition) is 2. The van der Waals surface area contributed by atoms with Gasteiger partial charge in [-0.3, -0.25) is 4.79 Å². The summed E-state index contributed by atoms with van der Waals surface area (Å²) in [5.41, 5.74) is 8.13. The van der Waals surface area contributed by atoms with Crippen LogP contribution in [0.5, 0.6) is 0 Å². The molecule has 0 spiro atoms. The minimum atomic E-state index is -0.0175. The number of carbonyl (C=O) groups excluding carboxylic acids is 1. The van der Waals surface area contributed by atoms with Crippen molar-refractivity contribution in [1.29, 1.82) is 0 Å². The van der Waals surface area contributed by atoms with Crippen LogP contribution in [-0.2, 0) is 4.79 Å². The molecule has 0 aliphatic rings. The van der Waals surface area contributed by atoms with Gasteiger partial charge in [0.05, 0.1) is 11.4 Å². The van der Waals surface area contributed by atoms with Gasteiger partial charge >= 0.3 is 0 Å². The summed E-state index contributed by atoms with van der Waals surface area (Å²) in [7, 11) is 0. The lowest BCUT2D eigenvalue weighted by atomic mass is 10.1. The van der Waals surface area contributed by atoms with Crippen LogP contribution < -0.4 is 11.1 Å². The number of benzene rings is 1. The molecule has 0 fully saturated rings. The number of aryl methyl sites for hydroxylation is 1. The Morgan fingerprint density at radius 3 is 2.94 bits per heavy atom. The molecule has 0 aliphatic carbocycles. The molecular weight excluding hydrogens is 280 g/mol. The fourth-order valence-electron chi connectivity index (χ4n) is 1.48. The number of nitrogens with two attached hydrogens (primary N) is 1. The summed E-state index contributed by atoms with van der Waals surface area (Å²) in [6.07, 6.45) is 3.95. The van der Waals surface area contributed by atoms with Crippen molar-refractivity contribution in [3.05, 3.63) is 34.8 Å². The average molecular weight is 297 g/mol. The van der Waals surface area contributed by atoms with Crippen molar-refractivity contribution >= 4 is 33.2 Å². The van der Waals surface area contributed by atoms with Crippen LogP contribution in [0, 0.1) is 6.92 Å². The van der Waals surface area contributed by atoms with Gasteiger partial charge in [0.1, 0.15) is 0 Å². The van der Waals surface area contributed by atoms with E-state index in [2.05, 4.69) is 27.8 Å². The topological polar surface area (TPSA) is 55.1 Å². The Hall–Kier alpha value is -1.29. The molecule has 1 rings (SSSR count). The molecule has 0 unspecified atom stereocenters. The van der Waals surface area contributed by atoms with Crippen LogP contribution in [0.25, 0.3) is 0 Å². The highest BCUT2D eigenvalue weighted by Gasteiger charge is 2.07. The summed E-state index contributed by atoms with van der Waals surface area (Å²) >= 11 is 3.38. The maximum Gasteiger partial charge on any atom is 0.224 e. The van der Waals surface area contributed by atoms with Crippen molar-refractivity contribution in [2.75, 3.05) is 11.1 Å². The summed E-state index contributed by atoms with van der Waals surface area (Å²) in [5.74, 6) is -0.0175. The Kier molecular flexibility index (Phi) is 5.22. The van der Waals surface area contributed by atoms with Crippen LogP contribution in [0.3, 0.4) is 0 Å². The molecule has 92 valence electrons. The Labute approximate surface area is 110 Å². The molecule has 4 heteroatoms. The van der Waals surface area contributed by atoms with Crippen molar-refractivity contribution in [1.82, 2.24) is 0 Å². The van der Waals surface area contributed by atoms with E-state index in [4.69, 9.17) is 5.73 Å². The summed E-state index contributed by atoms with van der Waals surface area (Å²) in [4.78, 5) is 11.6. The van der Waals surface area contributed by atoms with E-state index in [9.17, 15) is 4.79 Å². The highest BCUT2D eigenvalue weighted by Crippen LogP contribution is 2.27. The maximum atomic E-state index is 11.6. The van der Waals surface area contributed by atoms with E-state index in [-0.39, 0.29) is 5.91 Å². The number of rotatable bonds is 5. The standard InChI is InChI=1S/C13H17BrN2O/c1-3-4-5-6-12(17)16-11-8-10(14)7-9(2)13(11)15/h3,7-8H,1,4-6,15H2,2H3,(H,16,17). The van der Waals surface area contributed by atoms with Crippen LogP contribution in [0.15, 0.2) is 29.3 Å². The zero-order valence-electron chi connectivity index (χ0n) is 9.92. The van der Waals surface area contributed by atoms with Crippen LogP contribution in [0.1, 0.15) is 24.8 Å². The Bertz CT molecular complexity index is 430. The van der Waals surface area contributed by atoms with Gasteiger partial charge < -0.3 is 11.1 Å². The van der Waals surface area contributed by atoms with Gasteiger partial charge in [-0.15, -0.1) is 6.58 Å². The molecule has 0 heterocycles. The Morgan fingerprint density at radius 1 is 1.59 bits per heavy atom. The molecule has 0 saturated heterocycles. The lowest BCUT2D eigenvalue weighted by Crippen LogP contribution is -2.13. The molecule has 1 aromatic rings. The summed E-state index contributed by atoms with van der Waals surface area (Å²) in [5, 5.41) is 2.82. The fraction of sp³-hybridized carbons (Fsp3) is 0.308. The Balaban J connectivity index is 2.68. The second-order valence-corrected chi connectivity index (χ2v) is 4.83. The fourth-order valence-corrected chi connectivity index (χ4v) is 2.05. The molecule has 0 bridgehead atoms. The minimum absolute atomic E-state index is 0.0175. The van der Waals surface area contributed by atoms with Crippen LogP contribution in [-0.4, -0.2) is 5.91 Å². The first kappa shape index (κ1) is 13.8. The third-order valence-electron chi connectivity index (χ3n) is 2.44. The molecule has 0 saturated carbocycles. The smallest absolute Gasteiger partial charge is 0.224 e. The number of nitrogen functional groups attached to an aromatic ring is 1. The third kappa shape index (κ3) is 4.23. The van der Waals surface area contributed by atoms with Gasteiger partial charge in [0.15, 0.2) is 0 Å². The number of halogens is 1. The number of hydrogen-bond donors (Lipinski definition) is 2. The molecule has 0 radical (unpaired) electrons. The van der Waals surface area contributed by atoms with Crippen molar-refractivity contribution in [3.8, 4) is 0 Å². The van der Waals surface area contributed by atoms with E-state index < -0.39 is 0 Å². The second kappa shape index (κ2) is 6.45. The lowest BCUT2D eigenvalue weighted by molar-refractivity contribution is -0.116. The molecule has 3 nitrogen and oxygen atoms in total. The van der Waals surface area contributed by atoms with Crippen LogP contribution >= 0.6 is 15.9 Å². The van der Waals surface area contributed by atoms with Crippen LogP contribution in [0.2, 0.25) is 0 Å². The summed E-state index contributed by atoms with van der Waals surface area (Å²) in [6.45, 7) is 5.53. The summed E-state index contributed by atoms with van der Waals surface area (Å²) < 4.78 is 0.908. The lowest BCUT2D eigenvalue weighted by Gasteiger charge is -2.11. The number of anilines is 2. The number of amides is 1. The van der Waals surface area contributed by atoms with Crippen molar-refractivity contribution in [2.24, 2.45) is 0 Å². The highest BCUT2D eigenvalue weighted by molar-refractivity contribution is 9.10. The van der Waals surface area contributed by atoms with Gasteiger partial charge in [-0.1, -0.05) is 22.0 Å². The molecule has 3 N–H and O–H groups in total. The maximum absolute atomic E-state index is 11.6. The number of carbonyl (C=O) groups is 1. The minimum Gasteiger partial charge on any atom is -0.397 e. The molecular formula is C13H17BrN2O. The highest BCUT2D eigenvalue weighted by atomic mass is 79.9. The molecule has 17 heavy (non-hydrogen) atoms. The Morgan fingerprint density at radius 2 is 2.29 bits per heavy atom. The van der Waals surface area contributed by atoms with Gasteiger partial charge in [0.2, 0.25) is 5.91 Å². The van der Waals surface area contributed by atoms with Gasteiger partial charge in [-0.25, -0.2) is 0 Å². The first-order valence-corrected chi connectivity index (χ1v) is 6.30. The van der Waals surface area contributed by atoms with Crippen molar-refractivity contribution in [2.45, 2.75) is 26.2 Å². The van der Waals surface area contributed by atoms with Gasteiger partial charge in [0, 0.05) is 10.9 Å². The van der Waals surface area contributed by atoms with Crippen molar-refractivity contribution < 1.29 is 4.79 Å². The quantitative estimate of drug-likeness (QED) is 0.495. The predicted molar refractivity (Wildman–Crippen MR) is 76.0 cm³/mol. The zero-order valence-corrected chi connectivity index (χ0v) is 11.5. The third-order valence-corrected chi connectivity index (χ3v) is 2.90. The largest absolute Gasteiger partial charge is 0.397 e. The first-order valence-electron chi connectivity index (χ1n) is 5.51. The number of unbranched alkanes of at least 4 members (excludes halogenated alkanes) is 1. The molecule has 0 aliphatic heterocycles. The average Bonchev–Trinajstić information content (AvgIpc) is 2.25. The zero-order chi connectivity index (χ0) is 12.8.